The van der Waals surface area contributed by atoms with E-state index in [1.54, 1.807) is 18.2 Å². The molecule has 0 aromatic heterocycles. The van der Waals surface area contributed by atoms with Gasteiger partial charge in [0.25, 0.3) is 5.91 Å². The van der Waals surface area contributed by atoms with E-state index in [9.17, 15) is 4.79 Å². The van der Waals surface area contributed by atoms with Crippen molar-refractivity contribution in [1.82, 2.24) is 5.01 Å². The zero-order valence-electron chi connectivity index (χ0n) is 17.4. The molecule has 0 radical (unpaired) electrons. The van der Waals surface area contributed by atoms with Crippen molar-refractivity contribution >= 4 is 17.5 Å². The molecule has 0 saturated heterocycles. The Hall–Kier alpha value is -3.45. The van der Waals surface area contributed by atoms with Gasteiger partial charge in [-0.25, -0.2) is 5.01 Å². The van der Waals surface area contributed by atoms with Crippen molar-refractivity contribution < 1.29 is 9.53 Å². The third kappa shape index (κ3) is 3.21. The van der Waals surface area contributed by atoms with Crippen molar-refractivity contribution in [3.8, 4) is 0 Å². The number of amidine groups is 1. The van der Waals surface area contributed by atoms with Crippen LogP contribution in [0.15, 0.2) is 76.5 Å². The Kier molecular flexibility index (Phi) is 4.63. The Balaban J connectivity index is 1.58. The maximum Gasteiger partial charge on any atom is 0.269 e. The molecule has 2 aromatic rings. The largest absolute Gasteiger partial charge is 0.493 e. The molecule has 1 amide bonds. The van der Waals surface area contributed by atoms with Crippen LogP contribution in [0.4, 0.5) is 0 Å². The second kappa shape index (κ2) is 7.35. The fourth-order valence-electron chi connectivity index (χ4n) is 4.51. The fourth-order valence-corrected chi connectivity index (χ4v) is 4.51. The first-order valence-electron chi connectivity index (χ1n) is 10.5. The first kappa shape index (κ1) is 19.5. The highest BCUT2D eigenvalue weighted by Gasteiger charge is 2.43. The molecule has 3 aliphatic rings. The van der Waals surface area contributed by atoms with Gasteiger partial charge in [0.1, 0.15) is 12.1 Å². The summed E-state index contributed by atoms with van der Waals surface area (Å²) in [4.78, 5) is 16.8. The van der Waals surface area contributed by atoms with Gasteiger partial charge in [-0.1, -0.05) is 54.6 Å². The Morgan fingerprint density at radius 1 is 1.10 bits per heavy atom. The zero-order chi connectivity index (χ0) is 21.6. The number of aliphatic imine (C=N–C) groups is 1. The molecule has 1 aliphatic carbocycles. The molecule has 2 aromatic carbocycles. The van der Waals surface area contributed by atoms with Gasteiger partial charge in [0.05, 0.1) is 7.11 Å². The highest BCUT2D eigenvalue weighted by atomic mass is 16.5. The molecular weight excluding hydrogens is 390 g/mol. The molecular formula is C24H25N5O2. The average Bonchev–Trinajstić information content (AvgIpc) is 3.17. The number of methoxy groups -OCH3 is 1. The molecule has 158 valence electrons. The summed E-state index contributed by atoms with van der Waals surface area (Å²) in [7, 11) is 1.55. The van der Waals surface area contributed by atoms with Crippen LogP contribution in [0.1, 0.15) is 48.0 Å². The van der Waals surface area contributed by atoms with E-state index in [0.717, 1.165) is 29.5 Å². The molecule has 2 aliphatic heterocycles. The molecule has 2 atom stereocenters. The summed E-state index contributed by atoms with van der Waals surface area (Å²) < 4.78 is 5.52. The number of nitrogens with zero attached hydrogens (tertiary/aromatic N) is 3. The van der Waals surface area contributed by atoms with Crippen molar-refractivity contribution in [2.45, 2.75) is 36.9 Å². The minimum atomic E-state index is -0.609. The number of hydrogen-bond donors (Lipinski definition) is 2. The van der Waals surface area contributed by atoms with Crippen LogP contribution in [-0.4, -0.2) is 29.6 Å². The number of primary amides is 1. The van der Waals surface area contributed by atoms with Crippen molar-refractivity contribution in [3.05, 3.63) is 83.1 Å². The second-order valence-electron chi connectivity index (χ2n) is 8.29. The number of fused-ring (bicyclic) bond motifs is 1. The summed E-state index contributed by atoms with van der Waals surface area (Å²) in [6.07, 6.45) is 4.75. The lowest BCUT2D eigenvalue weighted by Crippen LogP contribution is -2.43. The van der Waals surface area contributed by atoms with Crippen LogP contribution in [0.3, 0.4) is 0 Å². The lowest BCUT2D eigenvalue weighted by molar-refractivity contribution is -0.112. The summed E-state index contributed by atoms with van der Waals surface area (Å²) in [5.74, 6) is 0.450. The average molecular weight is 415 g/mol. The van der Waals surface area contributed by atoms with Gasteiger partial charge < -0.3 is 16.2 Å². The van der Waals surface area contributed by atoms with Crippen molar-refractivity contribution in [3.63, 3.8) is 0 Å². The summed E-state index contributed by atoms with van der Waals surface area (Å²) in [6.45, 7) is 0. The van der Waals surface area contributed by atoms with Gasteiger partial charge in [-0.15, -0.1) is 0 Å². The molecule has 4 N–H and O–H groups in total. The van der Waals surface area contributed by atoms with E-state index in [-0.39, 0.29) is 23.3 Å². The van der Waals surface area contributed by atoms with Gasteiger partial charge in [0.2, 0.25) is 0 Å². The van der Waals surface area contributed by atoms with Crippen LogP contribution >= 0.6 is 0 Å². The summed E-state index contributed by atoms with van der Waals surface area (Å²) >= 11 is 0. The van der Waals surface area contributed by atoms with E-state index in [1.165, 1.54) is 6.42 Å². The summed E-state index contributed by atoms with van der Waals surface area (Å²) in [6, 6.07) is 18.0. The molecule has 7 heteroatoms. The van der Waals surface area contributed by atoms with Gasteiger partial charge in [-0.2, -0.15) is 5.10 Å². The maximum absolute atomic E-state index is 11.9. The maximum atomic E-state index is 11.9. The van der Waals surface area contributed by atoms with E-state index in [1.807, 2.05) is 30.3 Å². The third-order valence-electron chi connectivity index (χ3n) is 6.43. The van der Waals surface area contributed by atoms with Gasteiger partial charge >= 0.3 is 0 Å². The van der Waals surface area contributed by atoms with E-state index in [4.69, 9.17) is 21.2 Å². The smallest absolute Gasteiger partial charge is 0.269 e. The third-order valence-corrected chi connectivity index (χ3v) is 6.43. The minimum Gasteiger partial charge on any atom is -0.493 e. The fraction of sp³-hybridized carbons (Fsp3) is 0.292. The number of hydrogen-bond acceptors (Lipinski definition) is 6. The highest BCUT2D eigenvalue weighted by Crippen LogP contribution is 2.45. The Labute approximate surface area is 181 Å². The van der Waals surface area contributed by atoms with Crippen LogP contribution in [0.2, 0.25) is 0 Å². The number of benzene rings is 2. The molecule has 2 unspecified atom stereocenters. The van der Waals surface area contributed by atoms with Gasteiger partial charge in [-0.05, 0) is 36.0 Å². The highest BCUT2D eigenvalue weighted by molar-refractivity contribution is 6.44. The number of ether oxygens (including phenoxy) is 1. The summed E-state index contributed by atoms with van der Waals surface area (Å²) in [5, 5.41) is 6.28. The lowest BCUT2D eigenvalue weighted by atomic mass is 9.72. The number of rotatable bonds is 5. The number of carbonyl (C=O) groups is 1. The van der Waals surface area contributed by atoms with E-state index >= 15 is 0 Å². The summed E-state index contributed by atoms with van der Waals surface area (Å²) in [5.41, 5.74) is 15.2. The van der Waals surface area contributed by atoms with E-state index in [0.29, 0.717) is 11.6 Å². The van der Waals surface area contributed by atoms with Crippen molar-refractivity contribution in [2.24, 2.45) is 21.6 Å². The SMILES string of the molecule is COC1=CC(C(N)=O)=NN2C1=NC(c1ccc(C3(N)CCC3)cc1)C2c1ccccc1. The Bertz CT molecular complexity index is 1100. The topological polar surface area (TPSA) is 106 Å². The van der Waals surface area contributed by atoms with E-state index < -0.39 is 5.91 Å². The normalized spacial score (nSPS) is 23.8. The predicted octanol–water partition coefficient (Wildman–Crippen LogP) is 2.91. The van der Waals surface area contributed by atoms with Gasteiger partial charge in [0.15, 0.2) is 17.3 Å². The molecule has 0 bridgehead atoms. The quantitative estimate of drug-likeness (QED) is 0.783. The van der Waals surface area contributed by atoms with Crippen LogP contribution in [-0.2, 0) is 15.1 Å². The van der Waals surface area contributed by atoms with Crippen LogP contribution in [0, 0.1) is 0 Å². The van der Waals surface area contributed by atoms with Crippen LogP contribution < -0.4 is 11.5 Å². The van der Waals surface area contributed by atoms with Crippen molar-refractivity contribution in [1.29, 1.82) is 0 Å². The zero-order valence-corrected chi connectivity index (χ0v) is 17.4. The first-order valence-corrected chi connectivity index (χ1v) is 10.5. The number of amides is 1. The molecule has 2 heterocycles. The second-order valence-corrected chi connectivity index (χ2v) is 8.29. The molecule has 1 saturated carbocycles. The Morgan fingerprint density at radius 3 is 2.39 bits per heavy atom. The van der Waals surface area contributed by atoms with E-state index in [2.05, 4.69) is 29.4 Å². The molecule has 5 rings (SSSR count). The molecule has 31 heavy (non-hydrogen) atoms. The van der Waals surface area contributed by atoms with Crippen LogP contribution in [0.25, 0.3) is 0 Å². The van der Waals surface area contributed by atoms with Crippen LogP contribution in [0.5, 0.6) is 0 Å². The van der Waals surface area contributed by atoms with Gasteiger partial charge in [-0.3, -0.25) is 9.79 Å². The first-order chi connectivity index (χ1) is 15.0. The number of hydrazone groups is 1. The minimum absolute atomic E-state index is 0.141. The molecule has 7 nitrogen and oxygen atoms in total. The van der Waals surface area contributed by atoms with Crippen molar-refractivity contribution in [2.75, 3.05) is 7.11 Å². The number of nitrogens with two attached hydrogens (primary N) is 2. The standard InChI is InChI=1S/C24H25N5O2/c1-31-19-14-18(22(25)30)28-29-21(16-6-3-2-4-7-16)20(27-23(19)29)15-8-10-17(11-9-15)24(26)12-5-13-24/h2-4,6-11,14,20-21H,5,12-13,26H2,1H3,(H2,25,30). The Morgan fingerprint density at radius 2 is 1.81 bits per heavy atom. The van der Waals surface area contributed by atoms with Gasteiger partial charge in [0, 0.05) is 11.6 Å². The lowest BCUT2D eigenvalue weighted by Gasteiger charge is -2.38. The molecule has 1 fully saturated rings. The number of carbonyl (C=O) groups excluding carboxylic acids is 1. The molecule has 0 spiro atoms. The monoisotopic (exact) mass is 415 g/mol. The predicted molar refractivity (Wildman–Crippen MR) is 119 cm³/mol.